The Kier molecular flexibility index (Phi) is 6.61. The Labute approximate surface area is 103 Å². The molecule has 0 aliphatic rings. The van der Waals surface area contributed by atoms with Gasteiger partial charge in [0.05, 0.1) is 11.2 Å². The zero-order valence-electron chi connectivity index (χ0n) is 10.6. The second kappa shape index (κ2) is 7.76. The van der Waals surface area contributed by atoms with Crippen molar-refractivity contribution in [3.63, 3.8) is 0 Å². The molecule has 0 saturated carbocycles. The van der Waals surface area contributed by atoms with Crippen LogP contribution in [0.25, 0.3) is 0 Å². The standard InChI is InChI=1S/C12H23N3S/c1-4-5-13-6-11(2)7-15(3)8-12-9-16-10-14-12/h9-11,13H,4-8H2,1-3H3. The number of rotatable bonds is 8. The van der Waals surface area contributed by atoms with E-state index >= 15 is 0 Å². The van der Waals surface area contributed by atoms with Crippen molar-refractivity contribution in [3.05, 3.63) is 16.6 Å². The first kappa shape index (κ1) is 13.6. The molecule has 1 rings (SSSR count). The average molecular weight is 241 g/mol. The smallest absolute Gasteiger partial charge is 0.0795 e. The summed E-state index contributed by atoms with van der Waals surface area (Å²) in [6.07, 6.45) is 1.21. The Bertz CT molecular complexity index is 261. The summed E-state index contributed by atoms with van der Waals surface area (Å²) in [4.78, 5) is 6.64. The summed E-state index contributed by atoms with van der Waals surface area (Å²) >= 11 is 1.67. The maximum absolute atomic E-state index is 4.30. The van der Waals surface area contributed by atoms with Gasteiger partial charge in [-0.2, -0.15) is 0 Å². The molecule has 16 heavy (non-hydrogen) atoms. The lowest BCUT2D eigenvalue weighted by Crippen LogP contribution is -2.31. The highest BCUT2D eigenvalue weighted by Gasteiger charge is 2.07. The summed E-state index contributed by atoms with van der Waals surface area (Å²) in [5, 5.41) is 5.58. The first-order chi connectivity index (χ1) is 7.72. The number of nitrogens with zero attached hydrogens (tertiary/aromatic N) is 2. The van der Waals surface area contributed by atoms with Crippen molar-refractivity contribution >= 4 is 11.3 Å². The molecule has 1 aromatic heterocycles. The fraction of sp³-hybridized carbons (Fsp3) is 0.750. The van der Waals surface area contributed by atoms with Gasteiger partial charge in [0, 0.05) is 18.5 Å². The monoisotopic (exact) mass is 241 g/mol. The van der Waals surface area contributed by atoms with E-state index in [1.54, 1.807) is 11.3 Å². The number of aromatic nitrogens is 1. The summed E-state index contributed by atoms with van der Waals surface area (Å²) in [6.45, 7) is 8.80. The summed E-state index contributed by atoms with van der Waals surface area (Å²) in [5.74, 6) is 0.690. The molecule has 0 radical (unpaired) electrons. The van der Waals surface area contributed by atoms with Gasteiger partial charge in [0.2, 0.25) is 0 Å². The fourth-order valence-electron chi connectivity index (χ4n) is 1.78. The van der Waals surface area contributed by atoms with E-state index in [0.29, 0.717) is 5.92 Å². The van der Waals surface area contributed by atoms with Crippen LogP contribution in [0, 0.1) is 5.92 Å². The van der Waals surface area contributed by atoms with Gasteiger partial charge in [0.1, 0.15) is 0 Å². The van der Waals surface area contributed by atoms with Gasteiger partial charge in [-0.15, -0.1) is 11.3 Å². The lowest BCUT2D eigenvalue weighted by molar-refractivity contribution is 0.272. The Morgan fingerprint density at radius 3 is 3.00 bits per heavy atom. The summed E-state index contributed by atoms with van der Waals surface area (Å²) in [6, 6.07) is 0. The third-order valence-corrected chi connectivity index (χ3v) is 3.09. The quantitative estimate of drug-likeness (QED) is 0.707. The SMILES string of the molecule is CCCNCC(C)CN(C)Cc1cscn1. The molecular weight excluding hydrogens is 218 g/mol. The second-order valence-electron chi connectivity index (χ2n) is 4.49. The maximum atomic E-state index is 4.30. The molecule has 1 atom stereocenters. The van der Waals surface area contributed by atoms with Crippen LogP contribution in [-0.4, -0.2) is 36.6 Å². The predicted molar refractivity (Wildman–Crippen MR) is 70.8 cm³/mol. The van der Waals surface area contributed by atoms with Gasteiger partial charge in [0.25, 0.3) is 0 Å². The highest BCUT2D eigenvalue weighted by molar-refractivity contribution is 7.07. The van der Waals surface area contributed by atoms with Crippen LogP contribution in [-0.2, 0) is 6.54 Å². The Morgan fingerprint density at radius 2 is 2.38 bits per heavy atom. The number of hydrogen-bond donors (Lipinski definition) is 1. The summed E-state index contributed by atoms with van der Waals surface area (Å²) in [5.41, 5.74) is 3.08. The molecule has 1 aromatic rings. The maximum Gasteiger partial charge on any atom is 0.0795 e. The molecule has 0 spiro atoms. The van der Waals surface area contributed by atoms with Crippen LogP contribution >= 0.6 is 11.3 Å². The van der Waals surface area contributed by atoms with E-state index in [0.717, 1.165) is 26.2 Å². The minimum atomic E-state index is 0.690. The summed E-state index contributed by atoms with van der Waals surface area (Å²) in [7, 11) is 2.16. The van der Waals surface area contributed by atoms with Crippen LogP contribution in [0.5, 0.6) is 0 Å². The van der Waals surface area contributed by atoms with Crippen LogP contribution in [0.2, 0.25) is 0 Å². The molecule has 1 unspecified atom stereocenters. The minimum absolute atomic E-state index is 0.690. The molecule has 0 amide bonds. The molecular formula is C12H23N3S. The van der Waals surface area contributed by atoms with E-state index < -0.39 is 0 Å². The van der Waals surface area contributed by atoms with Gasteiger partial charge in [-0.3, -0.25) is 0 Å². The molecule has 1 heterocycles. The first-order valence-electron chi connectivity index (χ1n) is 5.98. The first-order valence-corrected chi connectivity index (χ1v) is 6.93. The molecule has 0 aliphatic heterocycles. The van der Waals surface area contributed by atoms with Crippen molar-refractivity contribution in [2.45, 2.75) is 26.8 Å². The lowest BCUT2D eigenvalue weighted by Gasteiger charge is -2.20. The second-order valence-corrected chi connectivity index (χ2v) is 5.20. The van der Waals surface area contributed by atoms with Gasteiger partial charge in [-0.1, -0.05) is 13.8 Å². The van der Waals surface area contributed by atoms with Crippen LogP contribution in [0.1, 0.15) is 26.0 Å². The molecule has 3 nitrogen and oxygen atoms in total. The van der Waals surface area contributed by atoms with Crippen LogP contribution < -0.4 is 5.32 Å². The van der Waals surface area contributed by atoms with Gasteiger partial charge >= 0.3 is 0 Å². The average Bonchev–Trinajstić information content (AvgIpc) is 2.70. The van der Waals surface area contributed by atoms with Crippen molar-refractivity contribution in [1.29, 1.82) is 0 Å². The van der Waals surface area contributed by atoms with Gasteiger partial charge in [-0.05, 0) is 32.5 Å². The number of thiazole rings is 1. The van der Waals surface area contributed by atoms with Crippen molar-refractivity contribution in [1.82, 2.24) is 15.2 Å². The van der Waals surface area contributed by atoms with Crippen LogP contribution in [0.4, 0.5) is 0 Å². The molecule has 0 fully saturated rings. The lowest BCUT2D eigenvalue weighted by atomic mass is 10.1. The van der Waals surface area contributed by atoms with E-state index in [1.165, 1.54) is 12.1 Å². The van der Waals surface area contributed by atoms with Gasteiger partial charge in [0.15, 0.2) is 0 Å². The van der Waals surface area contributed by atoms with Gasteiger partial charge < -0.3 is 10.2 Å². The zero-order valence-corrected chi connectivity index (χ0v) is 11.4. The molecule has 4 heteroatoms. The van der Waals surface area contributed by atoms with E-state index in [-0.39, 0.29) is 0 Å². The normalized spacial score (nSPS) is 13.2. The topological polar surface area (TPSA) is 28.2 Å². The molecule has 0 aromatic carbocycles. The van der Waals surface area contributed by atoms with E-state index in [1.807, 2.05) is 5.51 Å². The Hall–Kier alpha value is -0.450. The van der Waals surface area contributed by atoms with Crippen molar-refractivity contribution < 1.29 is 0 Å². The number of hydrogen-bond acceptors (Lipinski definition) is 4. The highest BCUT2D eigenvalue weighted by Crippen LogP contribution is 2.05. The summed E-state index contributed by atoms with van der Waals surface area (Å²) < 4.78 is 0. The Balaban J connectivity index is 2.15. The van der Waals surface area contributed by atoms with Crippen LogP contribution in [0.15, 0.2) is 10.9 Å². The number of nitrogens with one attached hydrogen (secondary N) is 1. The largest absolute Gasteiger partial charge is 0.316 e. The van der Waals surface area contributed by atoms with Crippen molar-refractivity contribution in [2.24, 2.45) is 5.92 Å². The third-order valence-electron chi connectivity index (χ3n) is 2.46. The van der Waals surface area contributed by atoms with Gasteiger partial charge in [-0.25, -0.2) is 4.98 Å². The van der Waals surface area contributed by atoms with E-state index in [9.17, 15) is 0 Å². The molecule has 0 saturated heterocycles. The van der Waals surface area contributed by atoms with Crippen molar-refractivity contribution in [2.75, 3.05) is 26.7 Å². The molecule has 92 valence electrons. The highest BCUT2D eigenvalue weighted by atomic mass is 32.1. The van der Waals surface area contributed by atoms with E-state index in [2.05, 4.69) is 41.5 Å². The minimum Gasteiger partial charge on any atom is -0.316 e. The van der Waals surface area contributed by atoms with Crippen molar-refractivity contribution in [3.8, 4) is 0 Å². The molecule has 0 bridgehead atoms. The zero-order chi connectivity index (χ0) is 11.8. The van der Waals surface area contributed by atoms with Crippen LogP contribution in [0.3, 0.4) is 0 Å². The molecule has 1 N–H and O–H groups in total. The fourth-order valence-corrected chi connectivity index (χ4v) is 2.33. The Morgan fingerprint density at radius 1 is 1.56 bits per heavy atom. The predicted octanol–water partition coefficient (Wildman–Crippen LogP) is 2.21. The molecule has 0 aliphatic carbocycles. The third kappa shape index (κ3) is 5.58. The van der Waals surface area contributed by atoms with E-state index in [4.69, 9.17) is 0 Å².